The second-order valence-corrected chi connectivity index (χ2v) is 6.32. The van der Waals surface area contributed by atoms with Crippen molar-refractivity contribution in [2.24, 2.45) is 7.05 Å². The predicted molar refractivity (Wildman–Crippen MR) is 91.8 cm³/mol. The lowest BCUT2D eigenvalue weighted by Crippen LogP contribution is -2.38. The molecule has 1 aromatic carbocycles. The molecule has 132 valence electrons. The molecule has 1 aliphatic heterocycles. The van der Waals surface area contributed by atoms with Gasteiger partial charge in [0.05, 0.1) is 24.0 Å². The number of carbonyl (C=O) groups is 2. The van der Waals surface area contributed by atoms with Crippen LogP contribution in [0.4, 0.5) is 10.1 Å². The highest BCUT2D eigenvalue weighted by molar-refractivity contribution is 5.96. The average Bonchev–Trinajstić information content (AvgIpc) is 3.19. The Labute approximate surface area is 145 Å². The zero-order valence-electron chi connectivity index (χ0n) is 14.1. The molecule has 0 saturated carbocycles. The van der Waals surface area contributed by atoms with Gasteiger partial charge in [-0.1, -0.05) is 12.1 Å². The normalized spacial score (nSPS) is 17.6. The Balaban J connectivity index is 1.57. The van der Waals surface area contributed by atoms with E-state index in [0.29, 0.717) is 12.0 Å². The summed E-state index contributed by atoms with van der Waals surface area (Å²) in [5, 5.41) is 6.61. The molecule has 0 unspecified atom stereocenters. The Kier molecular flexibility index (Phi) is 5.23. The number of para-hydroxylation sites is 1. The van der Waals surface area contributed by atoms with Crippen LogP contribution < -0.4 is 5.32 Å². The number of ketones is 1. The predicted octanol–water partition coefficient (Wildman–Crippen LogP) is 2.24. The molecule has 2 aromatic rings. The third-order valence-electron chi connectivity index (χ3n) is 4.44. The summed E-state index contributed by atoms with van der Waals surface area (Å²) in [5.41, 5.74) is 0.764. The Morgan fingerprint density at radius 3 is 2.88 bits per heavy atom. The quantitative estimate of drug-likeness (QED) is 0.816. The largest absolute Gasteiger partial charge is 0.322 e. The lowest BCUT2D eigenvalue weighted by molar-refractivity contribution is -0.117. The molecule has 1 amide bonds. The van der Waals surface area contributed by atoms with E-state index in [-0.39, 0.29) is 30.0 Å². The number of anilines is 1. The molecule has 0 aliphatic carbocycles. The van der Waals surface area contributed by atoms with Crippen LogP contribution in [0.1, 0.15) is 29.6 Å². The third-order valence-corrected chi connectivity index (χ3v) is 4.44. The van der Waals surface area contributed by atoms with Crippen molar-refractivity contribution in [3.63, 3.8) is 0 Å². The SMILES string of the molecule is Cn1cc(C(=O)C[C@H]2CCCN2CC(=O)Nc2ccccc2F)cn1. The summed E-state index contributed by atoms with van der Waals surface area (Å²) in [6.07, 6.45) is 5.44. The molecule has 3 rings (SSSR count). The van der Waals surface area contributed by atoms with Crippen LogP contribution in [-0.2, 0) is 11.8 Å². The molecule has 2 heterocycles. The number of aryl methyl sites for hydroxylation is 1. The number of Topliss-reactive ketones (excluding diaryl/α,β-unsaturated/α-hetero) is 1. The molecule has 0 bridgehead atoms. The number of hydrogen-bond acceptors (Lipinski definition) is 4. The highest BCUT2D eigenvalue weighted by Gasteiger charge is 2.28. The first kappa shape index (κ1) is 17.3. The minimum atomic E-state index is -0.458. The maximum atomic E-state index is 13.6. The Morgan fingerprint density at radius 1 is 1.36 bits per heavy atom. The van der Waals surface area contributed by atoms with Crippen molar-refractivity contribution in [3.8, 4) is 0 Å². The number of rotatable bonds is 6. The van der Waals surface area contributed by atoms with Crippen LogP contribution in [0, 0.1) is 5.82 Å². The summed E-state index contributed by atoms with van der Waals surface area (Å²) in [7, 11) is 1.77. The molecule has 1 fully saturated rings. The summed E-state index contributed by atoms with van der Waals surface area (Å²) < 4.78 is 15.2. The minimum absolute atomic E-state index is 0.0269. The first-order valence-corrected chi connectivity index (χ1v) is 8.33. The maximum Gasteiger partial charge on any atom is 0.238 e. The minimum Gasteiger partial charge on any atom is -0.322 e. The van der Waals surface area contributed by atoms with Crippen LogP contribution in [0.25, 0.3) is 0 Å². The van der Waals surface area contributed by atoms with Crippen LogP contribution in [0.5, 0.6) is 0 Å². The fraction of sp³-hybridized carbons (Fsp3) is 0.389. The van der Waals surface area contributed by atoms with Crippen LogP contribution in [0.15, 0.2) is 36.7 Å². The maximum absolute atomic E-state index is 13.6. The Hall–Kier alpha value is -2.54. The fourth-order valence-electron chi connectivity index (χ4n) is 3.17. The van der Waals surface area contributed by atoms with Gasteiger partial charge in [0.15, 0.2) is 5.78 Å². The lowest BCUT2D eigenvalue weighted by Gasteiger charge is -2.23. The molecule has 0 radical (unpaired) electrons. The van der Waals surface area contributed by atoms with Gasteiger partial charge >= 0.3 is 0 Å². The van der Waals surface area contributed by atoms with Crippen LogP contribution >= 0.6 is 0 Å². The van der Waals surface area contributed by atoms with E-state index in [4.69, 9.17) is 0 Å². The summed E-state index contributed by atoms with van der Waals surface area (Å²) in [4.78, 5) is 26.5. The van der Waals surface area contributed by atoms with Gasteiger partial charge in [-0.25, -0.2) is 4.39 Å². The van der Waals surface area contributed by atoms with Crippen molar-refractivity contribution < 1.29 is 14.0 Å². The summed E-state index contributed by atoms with van der Waals surface area (Å²) in [5.74, 6) is -0.703. The topological polar surface area (TPSA) is 67.2 Å². The van der Waals surface area contributed by atoms with Gasteiger partial charge in [-0.15, -0.1) is 0 Å². The van der Waals surface area contributed by atoms with E-state index in [1.165, 1.54) is 12.1 Å². The second kappa shape index (κ2) is 7.57. The molecule has 1 aromatic heterocycles. The van der Waals surface area contributed by atoms with Crippen LogP contribution in [0.2, 0.25) is 0 Å². The number of nitrogens with one attached hydrogen (secondary N) is 1. The van der Waals surface area contributed by atoms with E-state index in [9.17, 15) is 14.0 Å². The highest BCUT2D eigenvalue weighted by atomic mass is 19.1. The van der Waals surface area contributed by atoms with E-state index in [1.807, 2.05) is 4.90 Å². The van der Waals surface area contributed by atoms with Gasteiger partial charge in [0.2, 0.25) is 5.91 Å². The third kappa shape index (κ3) is 4.30. The number of likely N-dealkylation sites (tertiary alicyclic amines) is 1. The molecule has 6 nitrogen and oxygen atoms in total. The second-order valence-electron chi connectivity index (χ2n) is 6.32. The van der Waals surface area contributed by atoms with Gasteiger partial charge in [-0.3, -0.25) is 19.2 Å². The highest BCUT2D eigenvalue weighted by Crippen LogP contribution is 2.22. The lowest BCUT2D eigenvalue weighted by atomic mass is 10.0. The van der Waals surface area contributed by atoms with Crippen molar-refractivity contribution in [1.82, 2.24) is 14.7 Å². The average molecular weight is 344 g/mol. The van der Waals surface area contributed by atoms with E-state index < -0.39 is 5.82 Å². The molecule has 1 atom stereocenters. The van der Waals surface area contributed by atoms with Gasteiger partial charge in [0, 0.05) is 25.7 Å². The number of halogens is 1. The van der Waals surface area contributed by atoms with Crippen molar-refractivity contribution in [3.05, 3.63) is 48.0 Å². The van der Waals surface area contributed by atoms with Gasteiger partial charge in [-0.2, -0.15) is 5.10 Å². The summed E-state index contributed by atoms with van der Waals surface area (Å²) in [6.45, 7) is 0.912. The van der Waals surface area contributed by atoms with Gasteiger partial charge in [0.25, 0.3) is 0 Å². The molecular formula is C18H21FN4O2. The molecule has 1 aliphatic rings. The van der Waals surface area contributed by atoms with Gasteiger partial charge in [0.1, 0.15) is 5.82 Å². The zero-order valence-corrected chi connectivity index (χ0v) is 14.1. The number of amides is 1. The van der Waals surface area contributed by atoms with Crippen molar-refractivity contribution >= 4 is 17.4 Å². The first-order chi connectivity index (χ1) is 12.0. The van der Waals surface area contributed by atoms with Crippen molar-refractivity contribution in [1.29, 1.82) is 0 Å². The molecule has 7 heteroatoms. The van der Waals surface area contributed by atoms with Crippen molar-refractivity contribution in [2.75, 3.05) is 18.4 Å². The number of benzene rings is 1. The van der Waals surface area contributed by atoms with Crippen LogP contribution in [-0.4, -0.2) is 45.5 Å². The monoisotopic (exact) mass is 344 g/mol. The molecule has 0 spiro atoms. The molecule has 25 heavy (non-hydrogen) atoms. The molecular weight excluding hydrogens is 323 g/mol. The number of aromatic nitrogens is 2. The smallest absolute Gasteiger partial charge is 0.238 e. The van der Waals surface area contributed by atoms with E-state index in [1.54, 1.807) is 36.3 Å². The van der Waals surface area contributed by atoms with Gasteiger partial charge < -0.3 is 5.32 Å². The Bertz CT molecular complexity index is 774. The first-order valence-electron chi connectivity index (χ1n) is 8.33. The molecule has 1 N–H and O–H groups in total. The van der Waals surface area contributed by atoms with E-state index in [0.717, 1.165) is 19.4 Å². The number of hydrogen-bond donors (Lipinski definition) is 1. The van der Waals surface area contributed by atoms with Crippen LogP contribution in [0.3, 0.4) is 0 Å². The Morgan fingerprint density at radius 2 is 2.16 bits per heavy atom. The summed E-state index contributed by atoms with van der Waals surface area (Å²) >= 11 is 0. The standard InChI is InChI=1S/C18H21FN4O2/c1-22-11-13(10-20-22)17(24)9-14-5-4-8-23(14)12-18(25)21-16-7-3-2-6-15(16)19/h2-3,6-7,10-11,14H,4-5,8-9,12H2,1H3,(H,21,25)/t14-/m1/s1. The number of carbonyl (C=O) groups excluding carboxylic acids is 2. The van der Waals surface area contributed by atoms with E-state index in [2.05, 4.69) is 10.4 Å². The number of nitrogens with zero attached hydrogens (tertiary/aromatic N) is 3. The molecule has 1 saturated heterocycles. The summed E-state index contributed by atoms with van der Waals surface area (Å²) in [6, 6.07) is 6.11. The van der Waals surface area contributed by atoms with Crippen molar-refractivity contribution in [2.45, 2.75) is 25.3 Å². The zero-order chi connectivity index (χ0) is 17.8. The van der Waals surface area contributed by atoms with E-state index >= 15 is 0 Å². The fourth-order valence-corrected chi connectivity index (χ4v) is 3.17. The van der Waals surface area contributed by atoms with Gasteiger partial charge in [-0.05, 0) is 31.5 Å².